The summed E-state index contributed by atoms with van der Waals surface area (Å²) in [4.78, 5) is 12.1. The molecular weight excluding hydrogens is 429 g/mol. The van der Waals surface area contributed by atoms with E-state index in [1.165, 1.54) is 6.07 Å². The van der Waals surface area contributed by atoms with Gasteiger partial charge in [-0.25, -0.2) is 4.79 Å². The second-order valence-electron chi connectivity index (χ2n) is 7.65. The van der Waals surface area contributed by atoms with Crippen LogP contribution in [0.3, 0.4) is 0 Å². The molecule has 0 radical (unpaired) electrons. The lowest BCUT2D eigenvalue weighted by atomic mass is 9.98. The average Bonchev–Trinajstić information content (AvgIpc) is 3.10. The van der Waals surface area contributed by atoms with Crippen LogP contribution in [-0.2, 0) is 10.9 Å². The minimum atomic E-state index is -4.49. The van der Waals surface area contributed by atoms with Gasteiger partial charge in [0.05, 0.1) is 5.56 Å². The number of nitrogens with one attached hydrogen (secondary N) is 1. The van der Waals surface area contributed by atoms with Gasteiger partial charge in [-0.05, 0) is 40.5 Å². The fraction of sp³-hybridized carbons (Fsp3) is 0.192. The number of alkyl halides is 3. The maximum absolute atomic E-state index is 12.9. The van der Waals surface area contributed by atoms with Crippen molar-refractivity contribution in [2.24, 2.45) is 0 Å². The number of hydrogen-bond acceptors (Lipinski definition) is 3. The number of hydrogen-bond donors (Lipinski definition) is 2. The number of carbonyl (C=O) groups is 1. The molecule has 0 atom stereocenters. The molecule has 0 heterocycles. The third-order valence-corrected chi connectivity index (χ3v) is 5.38. The van der Waals surface area contributed by atoms with Crippen LogP contribution in [0.15, 0.2) is 66.7 Å². The van der Waals surface area contributed by atoms with Crippen molar-refractivity contribution in [3.05, 3.63) is 89.0 Å². The number of halogens is 3. The quantitative estimate of drug-likeness (QED) is 0.310. The monoisotopic (exact) mass is 450 g/mol. The number of benzene rings is 3. The van der Waals surface area contributed by atoms with Crippen molar-refractivity contribution >= 4 is 11.8 Å². The molecule has 7 heteroatoms. The first kappa shape index (κ1) is 22.3. The summed E-state index contributed by atoms with van der Waals surface area (Å²) in [6.45, 7) is 0.410. The average molecular weight is 450 g/mol. The van der Waals surface area contributed by atoms with Crippen LogP contribution in [0, 0.1) is 11.8 Å². The van der Waals surface area contributed by atoms with E-state index in [9.17, 15) is 18.0 Å². The molecule has 0 aromatic heterocycles. The third-order valence-electron chi connectivity index (χ3n) is 5.38. The van der Waals surface area contributed by atoms with E-state index in [2.05, 4.69) is 29.3 Å². The summed E-state index contributed by atoms with van der Waals surface area (Å²) in [6.07, 6.45) is -4.81. The zero-order valence-electron chi connectivity index (χ0n) is 17.6. The number of alkyl carbamates (subject to hydrolysis) is 1. The van der Waals surface area contributed by atoms with Gasteiger partial charge >= 0.3 is 12.3 Å². The van der Waals surface area contributed by atoms with E-state index in [1.807, 2.05) is 36.4 Å². The summed E-state index contributed by atoms with van der Waals surface area (Å²) in [5.41, 5.74) is 9.38. The number of nitrogens with two attached hydrogens (primary N) is 1. The molecule has 33 heavy (non-hydrogen) atoms. The molecule has 4 rings (SSSR count). The van der Waals surface area contributed by atoms with Crippen molar-refractivity contribution in [3.8, 4) is 23.0 Å². The van der Waals surface area contributed by atoms with E-state index >= 15 is 0 Å². The van der Waals surface area contributed by atoms with Gasteiger partial charge in [0.1, 0.15) is 6.61 Å². The Kier molecular flexibility index (Phi) is 6.27. The lowest BCUT2D eigenvalue weighted by Crippen LogP contribution is -2.26. The summed E-state index contributed by atoms with van der Waals surface area (Å²) in [6, 6.07) is 19.3. The minimum absolute atomic E-state index is 0.00844. The van der Waals surface area contributed by atoms with Crippen LogP contribution in [0.25, 0.3) is 11.1 Å². The van der Waals surface area contributed by atoms with Crippen LogP contribution in [0.4, 0.5) is 23.7 Å². The normalized spacial score (nSPS) is 12.3. The Labute approximate surface area is 189 Å². The van der Waals surface area contributed by atoms with Gasteiger partial charge in [0.2, 0.25) is 0 Å². The van der Waals surface area contributed by atoms with Crippen LogP contribution in [0.2, 0.25) is 0 Å². The Balaban J connectivity index is 1.29. The van der Waals surface area contributed by atoms with E-state index in [-0.39, 0.29) is 36.7 Å². The molecule has 168 valence electrons. The fourth-order valence-electron chi connectivity index (χ4n) is 3.93. The number of fused-ring (bicyclic) bond motifs is 3. The number of nitrogen functional groups attached to an aromatic ring is 1. The van der Waals surface area contributed by atoms with Crippen molar-refractivity contribution in [2.75, 3.05) is 18.9 Å². The van der Waals surface area contributed by atoms with Crippen LogP contribution >= 0.6 is 0 Å². The van der Waals surface area contributed by atoms with Crippen LogP contribution < -0.4 is 11.1 Å². The van der Waals surface area contributed by atoms with Gasteiger partial charge in [-0.2, -0.15) is 13.2 Å². The predicted octanol–water partition coefficient (Wildman–Crippen LogP) is 5.57. The molecule has 3 aromatic carbocycles. The summed E-state index contributed by atoms with van der Waals surface area (Å²) in [5, 5.41) is 2.62. The van der Waals surface area contributed by atoms with Gasteiger partial charge in [-0.3, -0.25) is 0 Å². The maximum Gasteiger partial charge on any atom is 0.416 e. The predicted molar refractivity (Wildman–Crippen MR) is 120 cm³/mol. The van der Waals surface area contributed by atoms with Crippen molar-refractivity contribution in [1.82, 2.24) is 5.32 Å². The molecule has 0 unspecified atom stereocenters. The largest absolute Gasteiger partial charge is 0.449 e. The Hall–Kier alpha value is -3.92. The molecule has 1 amide bonds. The number of amides is 1. The van der Waals surface area contributed by atoms with Crippen molar-refractivity contribution in [3.63, 3.8) is 0 Å². The van der Waals surface area contributed by atoms with Crippen LogP contribution in [-0.4, -0.2) is 19.2 Å². The standard InChI is InChI=1S/C26H21F3N2O2/c27-26(28,29)18-13-17(14-19(30)15-18)7-5-6-12-31-25(32)33-16-24-22-10-3-1-8-20(22)21-9-2-4-11-23(21)24/h1-4,8-11,13-15,24H,6,12,16,30H2,(H,31,32). The van der Waals surface area contributed by atoms with Crippen molar-refractivity contribution in [1.29, 1.82) is 0 Å². The smallest absolute Gasteiger partial charge is 0.416 e. The third kappa shape index (κ3) is 5.12. The number of rotatable bonds is 4. The summed E-state index contributed by atoms with van der Waals surface area (Å²) < 4.78 is 44.0. The molecule has 0 saturated heterocycles. The first-order chi connectivity index (χ1) is 15.8. The van der Waals surface area contributed by atoms with E-state index in [0.717, 1.165) is 34.4 Å². The molecule has 0 spiro atoms. The first-order valence-electron chi connectivity index (χ1n) is 10.4. The van der Waals surface area contributed by atoms with Crippen LogP contribution in [0.5, 0.6) is 0 Å². The molecule has 0 aliphatic heterocycles. The topological polar surface area (TPSA) is 64.3 Å². The van der Waals surface area contributed by atoms with Gasteiger partial charge in [-0.1, -0.05) is 60.4 Å². The van der Waals surface area contributed by atoms with Gasteiger partial charge in [-0.15, -0.1) is 0 Å². The molecule has 3 aromatic rings. The highest BCUT2D eigenvalue weighted by Crippen LogP contribution is 2.44. The lowest BCUT2D eigenvalue weighted by Gasteiger charge is -2.14. The van der Waals surface area contributed by atoms with Crippen molar-refractivity contribution in [2.45, 2.75) is 18.5 Å². The second-order valence-corrected chi connectivity index (χ2v) is 7.65. The molecule has 0 fully saturated rings. The number of ether oxygens (including phenoxy) is 1. The zero-order chi connectivity index (χ0) is 23.4. The van der Waals surface area contributed by atoms with E-state index in [4.69, 9.17) is 10.5 Å². The van der Waals surface area contributed by atoms with Gasteiger partial charge in [0.15, 0.2) is 0 Å². The molecule has 4 nitrogen and oxygen atoms in total. The summed E-state index contributed by atoms with van der Waals surface area (Å²) in [7, 11) is 0. The van der Waals surface area contributed by atoms with Gasteiger partial charge in [0.25, 0.3) is 0 Å². The van der Waals surface area contributed by atoms with E-state index in [0.29, 0.717) is 0 Å². The summed E-state index contributed by atoms with van der Waals surface area (Å²) in [5.74, 6) is 5.36. The van der Waals surface area contributed by atoms with Gasteiger partial charge in [0, 0.05) is 30.1 Å². The molecule has 0 bridgehead atoms. The number of anilines is 1. The minimum Gasteiger partial charge on any atom is -0.449 e. The molecular formula is C26H21F3N2O2. The SMILES string of the molecule is Nc1cc(C#CCCNC(=O)OCC2c3ccccc3-c3ccccc32)cc(C(F)(F)F)c1. The van der Waals surface area contributed by atoms with Crippen LogP contribution in [0.1, 0.15) is 34.6 Å². The highest BCUT2D eigenvalue weighted by molar-refractivity contribution is 5.79. The van der Waals surface area contributed by atoms with Crippen molar-refractivity contribution < 1.29 is 22.7 Å². The Bertz CT molecular complexity index is 1200. The first-order valence-corrected chi connectivity index (χ1v) is 10.4. The second kappa shape index (κ2) is 9.29. The van der Waals surface area contributed by atoms with E-state index < -0.39 is 17.8 Å². The lowest BCUT2D eigenvalue weighted by molar-refractivity contribution is -0.137. The summed E-state index contributed by atoms with van der Waals surface area (Å²) >= 11 is 0. The molecule has 1 aliphatic rings. The Morgan fingerprint density at radius 1 is 1.00 bits per heavy atom. The Morgan fingerprint density at radius 3 is 2.27 bits per heavy atom. The van der Waals surface area contributed by atoms with E-state index in [1.54, 1.807) is 0 Å². The maximum atomic E-state index is 12.9. The van der Waals surface area contributed by atoms with Gasteiger partial charge < -0.3 is 15.8 Å². The molecule has 3 N–H and O–H groups in total. The molecule has 0 saturated carbocycles. The fourth-order valence-corrected chi connectivity index (χ4v) is 3.93. The highest BCUT2D eigenvalue weighted by atomic mass is 19.4. The Morgan fingerprint density at radius 2 is 1.64 bits per heavy atom. The zero-order valence-corrected chi connectivity index (χ0v) is 17.6. The number of carbonyl (C=O) groups excluding carboxylic acids is 1. The molecule has 1 aliphatic carbocycles. The highest BCUT2D eigenvalue weighted by Gasteiger charge is 2.31.